The molecule has 176 valence electrons. The fourth-order valence-electron chi connectivity index (χ4n) is 3.62. The molecular weight excluding hydrogens is 452 g/mol. The molecule has 0 saturated heterocycles. The highest BCUT2D eigenvalue weighted by Gasteiger charge is 2.10. The first-order chi connectivity index (χ1) is 17.7. The summed E-state index contributed by atoms with van der Waals surface area (Å²) in [5, 5.41) is 11.5. The van der Waals surface area contributed by atoms with Crippen molar-refractivity contribution >= 4 is 17.4 Å². The second-order valence-electron chi connectivity index (χ2n) is 7.93. The molecular formula is C28H22N6O2. The largest absolute Gasteiger partial charge is 0.362 e. The molecule has 36 heavy (non-hydrogen) atoms. The van der Waals surface area contributed by atoms with Crippen molar-refractivity contribution in [3.63, 3.8) is 0 Å². The van der Waals surface area contributed by atoms with Crippen LogP contribution < -0.4 is 5.32 Å². The smallest absolute Gasteiger partial charge is 0.205 e. The van der Waals surface area contributed by atoms with Crippen LogP contribution in [0.1, 0.15) is 21.6 Å². The number of nitrogens with one attached hydrogen (secondary N) is 2. The molecule has 8 nitrogen and oxygen atoms in total. The third kappa shape index (κ3) is 5.22. The molecule has 5 rings (SSSR count). The molecule has 0 radical (unpaired) electrons. The van der Waals surface area contributed by atoms with Crippen molar-refractivity contribution in [2.75, 3.05) is 11.9 Å². The van der Waals surface area contributed by atoms with Crippen LogP contribution in [0.3, 0.4) is 0 Å². The first-order valence-electron chi connectivity index (χ1n) is 11.2. The van der Waals surface area contributed by atoms with Gasteiger partial charge in [0.25, 0.3) is 0 Å². The predicted molar refractivity (Wildman–Crippen MR) is 137 cm³/mol. The summed E-state index contributed by atoms with van der Waals surface area (Å²) in [6.07, 6.45) is 8.83. The number of anilines is 2. The van der Waals surface area contributed by atoms with Crippen LogP contribution in [0.15, 0.2) is 91.3 Å². The van der Waals surface area contributed by atoms with Crippen molar-refractivity contribution in [3.05, 3.63) is 108 Å². The zero-order valence-corrected chi connectivity index (χ0v) is 19.3. The third-order valence-electron chi connectivity index (χ3n) is 5.43. The number of carbonyl (C=O) groups excluding carboxylic acids is 1. The number of aromatic nitrogens is 5. The summed E-state index contributed by atoms with van der Waals surface area (Å²) < 4.78 is 6.97. The van der Waals surface area contributed by atoms with Gasteiger partial charge in [-0.2, -0.15) is 0 Å². The molecule has 2 heterocycles. The number of ether oxygens (including phenoxy) is 1. The molecule has 0 spiro atoms. The number of ketones is 1. The van der Waals surface area contributed by atoms with E-state index in [4.69, 9.17) is 11.2 Å². The molecule has 2 aromatic heterocycles. The van der Waals surface area contributed by atoms with Crippen LogP contribution in [0.25, 0.3) is 16.9 Å². The lowest BCUT2D eigenvalue weighted by Gasteiger charge is -2.05. The van der Waals surface area contributed by atoms with Gasteiger partial charge >= 0.3 is 0 Å². The normalized spacial score (nSPS) is 10.6. The first-order valence-corrected chi connectivity index (χ1v) is 11.2. The standard InChI is InChI=1S/C28H22N6O2/c1-2-16-36-19-24-18-34(33-32-24)25-14-10-20(11-15-25)26-17-29-28(31-26)30-23-12-8-22(9-13-23)27(35)21-6-4-3-5-7-21/h1,3-15,17-18H,16,19H2,(H2,29,30,31). The lowest BCUT2D eigenvalue weighted by Crippen LogP contribution is -2.01. The van der Waals surface area contributed by atoms with E-state index in [1.54, 1.807) is 23.0 Å². The van der Waals surface area contributed by atoms with E-state index < -0.39 is 0 Å². The van der Waals surface area contributed by atoms with E-state index in [2.05, 4.69) is 31.5 Å². The van der Waals surface area contributed by atoms with Crippen LogP contribution in [0.2, 0.25) is 0 Å². The predicted octanol–water partition coefficient (Wildman–Crippen LogP) is 4.78. The molecule has 0 aliphatic rings. The second-order valence-corrected chi connectivity index (χ2v) is 7.93. The number of hydrogen-bond donors (Lipinski definition) is 2. The van der Waals surface area contributed by atoms with Crippen LogP contribution in [0, 0.1) is 12.3 Å². The highest BCUT2D eigenvalue weighted by molar-refractivity contribution is 6.09. The van der Waals surface area contributed by atoms with Gasteiger partial charge in [0, 0.05) is 28.6 Å². The Morgan fingerprint density at radius 1 is 1.00 bits per heavy atom. The van der Waals surface area contributed by atoms with Crippen LogP contribution in [-0.4, -0.2) is 37.4 Å². The molecule has 0 atom stereocenters. The van der Waals surface area contributed by atoms with E-state index in [0.29, 0.717) is 29.4 Å². The number of carbonyl (C=O) groups is 1. The highest BCUT2D eigenvalue weighted by Crippen LogP contribution is 2.23. The summed E-state index contributed by atoms with van der Waals surface area (Å²) in [7, 11) is 0. The maximum atomic E-state index is 12.6. The van der Waals surface area contributed by atoms with Gasteiger partial charge in [-0.1, -0.05) is 53.6 Å². The number of H-pyrrole nitrogens is 1. The Kier molecular flexibility index (Phi) is 6.65. The summed E-state index contributed by atoms with van der Waals surface area (Å²) >= 11 is 0. The van der Waals surface area contributed by atoms with Gasteiger partial charge in [-0.15, -0.1) is 11.5 Å². The summed E-state index contributed by atoms with van der Waals surface area (Å²) in [5.41, 5.74) is 5.43. The van der Waals surface area contributed by atoms with Gasteiger partial charge in [-0.3, -0.25) is 4.79 Å². The fourth-order valence-corrected chi connectivity index (χ4v) is 3.62. The molecule has 0 unspecified atom stereocenters. The topological polar surface area (TPSA) is 97.7 Å². The van der Waals surface area contributed by atoms with Crippen LogP contribution in [0.4, 0.5) is 11.6 Å². The van der Waals surface area contributed by atoms with Crippen molar-refractivity contribution < 1.29 is 9.53 Å². The van der Waals surface area contributed by atoms with E-state index in [0.717, 1.165) is 22.6 Å². The zero-order valence-electron chi connectivity index (χ0n) is 19.3. The maximum Gasteiger partial charge on any atom is 0.205 e. The number of terminal acetylenes is 1. The van der Waals surface area contributed by atoms with Crippen molar-refractivity contribution in [2.24, 2.45) is 0 Å². The number of hydrogen-bond acceptors (Lipinski definition) is 6. The maximum absolute atomic E-state index is 12.6. The average molecular weight is 475 g/mol. The Morgan fingerprint density at radius 2 is 1.75 bits per heavy atom. The first kappa shape index (κ1) is 22.8. The lowest BCUT2D eigenvalue weighted by atomic mass is 10.0. The molecule has 0 amide bonds. The molecule has 2 N–H and O–H groups in total. The van der Waals surface area contributed by atoms with Gasteiger partial charge in [0.1, 0.15) is 12.3 Å². The molecule has 0 aliphatic heterocycles. The van der Waals surface area contributed by atoms with Crippen molar-refractivity contribution in [2.45, 2.75) is 6.61 Å². The number of benzene rings is 3. The van der Waals surface area contributed by atoms with Gasteiger partial charge in [0.05, 0.1) is 24.2 Å². The van der Waals surface area contributed by atoms with Crippen LogP contribution >= 0.6 is 0 Å². The van der Waals surface area contributed by atoms with Gasteiger partial charge in [-0.05, 0) is 36.4 Å². The van der Waals surface area contributed by atoms with Gasteiger partial charge in [0.15, 0.2) is 5.78 Å². The summed E-state index contributed by atoms with van der Waals surface area (Å²) in [6.45, 7) is 0.554. The molecule has 0 fully saturated rings. The molecule has 8 heteroatoms. The van der Waals surface area contributed by atoms with Crippen LogP contribution in [0.5, 0.6) is 0 Å². The third-order valence-corrected chi connectivity index (χ3v) is 5.43. The van der Waals surface area contributed by atoms with E-state index in [-0.39, 0.29) is 12.4 Å². The van der Waals surface area contributed by atoms with Crippen LogP contribution in [-0.2, 0) is 11.3 Å². The summed E-state index contributed by atoms with van der Waals surface area (Å²) in [6, 6.07) is 24.4. The van der Waals surface area contributed by atoms with E-state index in [1.807, 2.05) is 72.9 Å². The highest BCUT2D eigenvalue weighted by atomic mass is 16.5. The Hall–Kier alpha value is -5.00. The van der Waals surface area contributed by atoms with Crippen molar-refractivity contribution in [3.8, 4) is 29.3 Å². The SMILES string of the molecule is C#CCOCc1cn(-c2ccc(-c3c[nH]c(Nc4ccc(C(=O)c5ccccc5)cc4)n3)cc2)nn1. The Morgan fingerprint density at radius 3 is 2.50 bits per heavy atom. The second kappa shape index (κ2) is 10.5. The fraction of sp³-hybridized carbons (Fsp3) is 0.0714. The minimum Gasteiger partial charge on any atom is -0.362 e. The number of nitrogens with zero attached hydrogens (tertiary/aromatic N) is 4. The number of imidazole rings is 1. The number of aromatic amines is 1. The van der Waals surface area contributed by atoms with Crippen molar-refractivity contribution in [1.82, 2.24) is 25.0 Å². The summed E-state index contributed by atoms with van der Waals surface area (Å²) in [4.78, 5) is 20.4. The zero-order chi connectivity index (χ0) is 24.7. The number of rotatable bonds is 9. The average Bonchev–Trinajstić information content (AvgIpc) is 3.60. The Labute approximate surface area is 208 Å². The van der Waals surface area contributed by atoms with E-state index in [9.17, 15) is 4.79 Å². The van der Waals surface area contributed by atoms with Gasteiger partial charge in [0.2, 0.25) is 5.95 Å². The molecule has 5 aromatic rings. The quantitative estimate of drug-likeness (QED) is 0.181. The molecule has 0 saturated carbocycles. The Bertz CT molecular complexity index is 1500. The molecule has 0 aliphatic carbocycles. The molecule has 3 aromatic carbocycles. The van der Waals surface area contributed by atoms with E-state index >= 15 is 0 Å². The Balaban J connectivity index is 1.22. The molecule has 0 bridgehead atoms. The summed E-state index contributed by atoms with van der Waals surface area (Å²) in [5.74, 6) is 3.01. The van der Waals surface area contributed by atoms with Crippen molar-refractivity contribution in [1.29, 1.82) is 0 Å². The minimum absolute atomic E-state index is 0.00905. The minimum atomic E-state index is -0.00905. The lowest BCUT2D eigenvalue weighted by molar-refractivity contribution is 0.103. The van der Waals surface area contributed by atoms with Gasteiger partial charge in [-0.25, -0.2) is 9.67 Å². The van der Waals surface area contributed by atoms with E-state index in [1.165, 1.54) is 0 Å². The van der Waals surface area contributed by atoms with Gasteiger partial charge < -0.3 is 15.0 Å². The monoisotopic (exact) mass is 474 g/mol.